The summed E-state index contributed by atoms with van der Waals surface area (Å²) in [5.74, 6) is 0.133. The van der Waals surface area contributed by atoms with E-state index in [1.165, 1.54) is 32.1 Å². The van der Waals surface area contributed by atoms with Gasteiger partial charge in [-0.3, -0.25) is 24.8 Å². The molecule has 6 rings (SSSR count). The summed E-state index contributed by atoms with van der Waals surface area (Å²) >= 11 is 6.82. The van der Waals surface area contributed by atoms with E-state index in [1.807, 2.05) is 29.2 Å². The van der Waals surface area contributed by atoms with Crippen molar-refractivity contribution in [3.63, 3.8) is 0 Å². The molecule has 1 fully saturated rings. The third-order valence-electron chi connectivity index (χ3n) is 9.11. The molecule has 5 aromatic rings. The van der Waals surface area contributed by atoms with Crippen LogP contribution >= 0.6 is 11.6 Å². The molecule has 0 unspecified atom stereocenters. The molecule has 13 heteroatoms. The first kappa shape index (κ1) is 35.8. The number of aliphatic hydroxyl groups excluding tert-OH is 1. The van der Waals surface area contributed by atoms with Crippen LogP contribution in [0.25, 0.3) is 22.0 Å². The zero-order valence-corrected chi connectivity index (χ0v) is 29.1. The molecule has 3 aromatic heterocycles. The van der Waals surface area contributed by atoms with E-state index in [4.69, 9.17) is 26.2 Å². The Morgan fingerprint density at radius 1 is 1.04 bits per heavy atom. The fourth-order valence-corrected chi connectivity index (χ4v) is 6.56. The van der Waals surface area contributed by atoms with E-state index in [0.717, 1.165) is 46.3 Å². The van der Waals surface area contributed by atoms with E-state index in [0.29, 0.717) is 46.2 Å². The Bertz CT molecular complexity index is 2040. The van der Waals surface area contributed by atoms with Gasteiger partial charge in [0.25, 0.3) is 0 Å². The highest BCUT2D eigenvalue weighted by molar-refractivity contribution is 6.31. The molecule has 1 aliphatic rings. The number of hydrogen-bond acceptors (Lipinski definition) is 10. The van der Waals surface area contributed by atoms with Gasteiger partial charge in [0.2, 0.25) is 0 Å². The Labute approximate surface area is 301 Å². The number of likely N-dealkylation sites (tertiary alicyclic amines) is 1. The van der Waals surface area contributed by atoms with E-state index in [1.54, 1.807) is 30.6 Å². The van der Waals surface area contributed by atoms with Crippen LogP contribution in [0.1, 0.15) is 47.1 Å². The zero-order chi connectivity index (χ0) is 35.7. The van der Waals surface area contributed by atoms with Gasteiger partial charge in [0.15, 0.2) is 0 Å². The van der Waals surface area contributed by atoms with Crippen molar-refractivity contribution in [3.8, 4) is 28.7 Å². The number of halogens is 1. The summed E-state index contributed by atoms with van der Waals surface area (Å²) in [6.07, 6.45) is 12.1. The number of aliphatic hydroxyl groups is 1. The van der Waals surface area contributed by atoms with Crippen LogP contribution in [0.2, 0.25) is 5.02 Å². The molecular formula is C38H40ClN7O5. The summed E-state index contributed by atoms with van der Waals surface area (Å²) in [5.41, 5.74) is 6.22. The minimum absolute atomic E-state index is 0.0713. The molecular weight excluding hydrogens is 670 g/mol. The highest BCUT2D eigenvalue weighted by Gasteiger charge is 2.19. The van der Waals surface area contributed by atoms with Gasteiger partial charge in [-0.25, -0.2) is 0 Å². The third kappa shape index (κ3) is 8.64. The van der Waals surface area contributed by atoms with Gasteiger partial charge in [-0.05, 0) is 80.2 Å². The number of fused-ring (bicyclic) bond motifs is 1. The number of nitrogens with one attached hydrogen (secondary N) is 1. The number of carboxylic acid groups (broad SMARTS) is 1. The van der Waals surface area contributed by atoms with Crippen LogP contribution in [0.5, 0.6) is 11.5 Å². The van der Waals surface area contributed by atoms with Crippen molar-refractivity contribution in [1.82, 2.24) is 30.0 Å². The van der Waals surface area contributed by atoms with Gasteiger partial charge in [-0.2, -0.15) is 10.4 Å². The quantitative estimate of drug-likeness (QED) is 0.113. The van der Waals surface area contributed by atoms with Crippen molar-refractivity contribution in [3.05, 3.63) is 100 Å². The Kier molecular flexibility index (Phi) is 11.8. The fourth-order valence-electron chi connectivity index (χ4n) is 6.31. The molecule has 4 heterocycles. The first-order valence-electron chi connectivity index (χ1n) is 16.9. The summed E-state index contributed by atoms with van der Waals surface area (Å²) in [4.78, 5) is 22.7. The van der Waals surface area contributed by atoms with Gasteiger partial charge >= 0.3 is 5.97 Å². The smallest absolute Gasteiger partial charge is 0.323 e. The van der Waals surface area contributed by atoms with Crippen LogP contribution in [0, 0.1) is 18.3 Å². The number of carbonyl (C=O) groups is 1. The van der Waals surface area contributed by atoms with Gasteiger partial charge in [0.1, 0.15) is 30.2 Å². The number of aliphatic carboxylic acids is 1. The van der Waals surface area contributed by atoms with E-state index in [9.17, 15) is 20.3 Å². The van der Waals surface area contributed by atoms with E-state index >= 15 is 0 Å². The zero-order valence-electron chi connectivity index (χ0n) is 28.4. The predicted molar refractivity (Wildman–Crippen MR) is 193 cm³/mol. The first-order chi connectivity index (χ1) is 24.8. The van der Waals surface area contributed by atoms with Crippen LogP contribution in [0.3, 0.4) is 0 Å². The monoisotopic (exact) mass is 709 g/mol. The lowest BCUT2D eigenvalue weighted by Crippen LogP contribution is -2.39. The number of aromatic nitrogens is 4. The molecule has 0 radical (unpaired) electrons. The average Bonchev–Trinajstić information content (AvgIpc) is 3.82. The number of rotatable bonds is 16. The van der Waals surface area contributed by atoms with Crippen LogP contribution in [0.4, 0.5) is 0 Å². The summed E-state index contributed by atoms with van der Waals surface area (Å²) in [5, 5.41) is 37.1. The van der Waals surface area contributed by atoms with E-state index < -0.39 is 18.6 Å². The predicted octanol–water partition coefficient (Wildman–Crippen LogP) is 5.35. The molecule has 1 aliphatic heterocycles. The Balaban J connectivity index is 1.24. The van der Waals surface area contributed by atoms with Crippen molar-refractivity contribution in [2.45, 2.75) is 51.9 Å². The van der Waals surface area contributed by atoms with Crippen LogP contribution < -0.4 is 14.8 Å². The van der Waals surface area contributed by atoms with Gasteiger partial charge in [0, 0.05) is 58.8 Å². The highest BCUT2D eigenvalue weighted by Crippen LogP contribution is 2.35. The van der Waals surface area contributed by atoms with Crippen molar-refractivity contribution in [2.75, 3.05) is 32.8 Å². The molecule has 3 N–H and O–H groups in total. The number of hydrogen-bond donors (Lipinski definition) is 3. The lowest BCUT2D eigenvalue weighted by molar-refractivity contribution is -0.140. The third-order valence-corrected chi connectivity index (χ3v) is 9.46. The van der Waals surface area contributed by atoms with Gasteiger partial charge in [-0.15, -0.1) is 0 Å². The number of benzene rings is 2. The largest absolute Gasteiger partial charge is 0.493 e. The molecule has 12 nitrogen and oxygen atoms in total. The van der Waals surface area contributed by atoms with Crippen molar-refractivity contribution >= 4 is 28.5 Å². The second-order valence-electron chi connectivity index (χ2n) is 12.6. The molecule has 51 heavy (non-hydrogen) atoms. The maximum Gasteiger partial charge on any atom is 0.323 e. The van der Waals surface area contributed by atoms with Crippen molar-refractivity contribution in [1.29, 1.82) is 5.26 Å². The molecule has 0 aliphatic carbocycles. The lowest BCUT2D eigenvalue weighted by Gasteiger charge is -2.18. The molecule has 0 bridgehead atoms. The Morgan fingerprint density at radius 2 is 1.86 bits per heavy atom. The maximum atomic E-state index is 11.5. The lowest BCUT2D eigenvalue weighted by atomic mass is 9.99. The maximum absolute atomic E-state index is 11.5. The second kappa shape index (κ2) is 16.8. The Morgan fingerprint density at radius 3 is 2.65 bits per heavy atom. The standard InChI is InChI=1S/C38H40ClN7O5/c1-25-30(6-4-7-36(25)50-11-5-10-45-8-2-3-9-45)31-19-42-21-35-32(31)20-44-46(35)22-29-14-37(51-24-27-12-26(15-40)16-41-17-27)28(13-33(29)39)18-43-34(23-47)38(48)49/h4,6-7,12-14,16-17,19-21,34,43,47H,2-3,5,8-11,18,22-24H2,1H3,(H,48,49)/t34-/m0/s1. The highest BCUT2D eigenvalue weighted by atomic mass is 35.5. The second-order valence-corrected chi connectivity index (χ2v) is 13.0. The van der Waals surface area contributed by atoms with Crippen LogP contribution in [0.15, 0.2) is 67.4 Å². The van der Waals surface area contributed by atoms with E-state index in [2.05, 4.69) is 39.2 Å². The number of pyridine rings is 2. The summed E-state index contributed by atoms with van der Waals surface area (Å²) in [6.45, 7) is 6.05. The normalized spacial score (nSPS) is 13.7. The summed E-state index contributed by atoms with van der Waals surface area (Å²) in [7, 11) is 0. The molecule has 0 saturated carbocycles. The number of nitrogens with zero attached hydrogens (tertiary/aromatic N) is 6. The fraction of sp³-hybridized carbons (Fsp3) is 0.342. The molecule has 0 spiro atoms. The van der Waals surface area contributed by atoms with Crippen molar-refractivity contribution in [2.24, 2.45) is 0 Å². The summed E-state index contributed by atoms with van der Waals surface area (Å²) in [6, 6.07) is 12.2. The minimum atomic E-state index is -1.18. The molecule has 0 amide bonds. The van der Waals surface area contributed by atoms with Gasteiger partial charge in [0.05, 0.1) is 43.2 Å². The summed E-state index contributed by atoms with van der Waals surface area (Å²) < 4.78 is 14.3. The molecule has 264 valence electrons. The molecule has 1 saturated heterocycles. The van der Waals surface area contributed by atoms with Gasteiger partial charge in [-0.1, -0.05) is 23.7 Å². The Hall–Kier alpha value is -5.06. The minimum Gasteiger partial charge on any atom is -0.493 e. The topological polar surface area (TPSA) is 159 Å². The molecule has 1 atom stereocenters. The average molecular weight is 710 g/mol. The van der Waals surface area contributed by atoms with Crippen LogP contribution in [-0.2, 0) is 24.5 Å². The van der Waals surface area contributed by atoms with Gasteiger partial charge < -0.3 is 24.6 Å². The van der Waals surface area contributed by atoms with Crippen LogP contribution in [-0.4, -0.2) is 79.7 Å². The molecule has 2 aromatic carbocycles. The van der Waals surface area contributed by atoms with Crippen molar-refractivity contribution < 1.29 is 24.5 Å². The first-order valence-corrected chi connectivity index (χ1v) is 17.3. The number of nitriles is 1. The number of ether oxygens (including phenoxy) is 2. The number of carboxylic acids is 1. The van der Waals surface area contributed by atoms with E-state index in [-0.39, 0.29) is 13.2 Å². The SMILES string of the molecule is Cc1c(OCCCN2CCCC2)cccc1-c1cncc2c1cnn2Cc1cc(OCc2cncc(C#N)c2)c(CN[C@@H](CO)C(=O)O)cc1Cl.